The lowest BCUT2D eigenvalue weighted by Crippen LogP contribution is -1.84. The average molecular weight is 159 g/mol. The van der Waals surface area contributed by atoms with Gasteiger partial charge in [-0.1, -0.05) is 18.9 Å². The van der Waals surface area contributed by atoms with Crippen molar-refractivity contribution in [2.45, 2.75) is 26.2 Å². The van der Waals surface area contributed by atoms with Crippen LogP contribution in [-0.4, -0.2) is 4.98 Å². The van der Waals surface area contributed by atoms with Crippen LogP contribution in [0.5, 0.6) is 0 Å². The van der Waals surface area contributed by atoms with E-state index in [-0.39, 0.29) is 0 Å². The highest BCUT2D eigenvalue weighted by Crippen LogP contribution is 1.93. The molecule has 0 atom stereocenters. The Morgan fingerprint density at radius 1 is 1.33 bits per heavy atom. The second-order valence-corrected chi connectivity index (χ2v) is 2.60. The number of rotatable bonds is 2. The average Bonchev–Trinajstić information content (AvgIpc) is 2.14. The fourth-order valence-corrected chi connectivity index (χ4v) is 0.869. The molecule has 0 saturated heterocycles. The molecule has 0 fully saturated rings. The van der Waals surface area contributed by atoms with Crippen LogP contribution in [0.1, 0.15) is 25.5 Å². The summed E-state index contributed by atoms with van der Waals surface area (Å²) in [5.74, 6) is 6.18. The maximum absolute atomic E-state index is 4.17. The molecule has 0 unspecified atom stereocenters. The normalized spacial score (nSPS) is 8.75. The molecule has 0 spiro atoms. The zero-order chi connectivity index (χ0) is 8.65. The van der Waals surface area contributed by atoms with Crippen LogP contribution in [0, 0.1) is 11.8 Å². The van der Waals surface area contributed by atoms with Crippen LogP contribution >= 0.6 is 0 Å². The molecule has 1 heterocycles. The Kier molecular flexibility index (Phi) is 3.94. The van der Waals surface area contributed by atoms with Crippen molar-refractivity contribution < 1.29 is 0 Å². The minimum absolute atomic E-state index is 0.779. The van der Waals surface area contributed by atoms with Gasteiger partial charge in [0.25, 0.3) is 0 Å². The standard InChI is InChI=1S/C11H13N/c1-2-3-4-5-8-11-9-6-7-10-12-11/h6-7,9-10H,2-3,8H2,1H3. The SMILES string of the molecule is CCCC#CCc1ccccn1. The van der Waals surface area contributed by atoms with Gasteiger partial charge in [0, 0.05) is 12.6 Å². The summed E-state index contributed by atoms with van der Waals surface area (Å²) in [5, 5.41) is 0. The highest BCUT2D eigenvalue weighted by Gasteiger charge is 1.85. The van der Waals surface area contributed by atoms with Crippen molar-refractivity contribution in [1.82, 2.24) is 4.98 Å². The lowest BCUT2D eigenvalue weighted by molar-refractivity contribution is 0.980. The summed E-state index contributed by atoms with van der Waals surface area (Å²) in [6.07, 6.45) is 4.71. The largest absolute Gasteiger partial charge is 0.260 e. The van der Waals surface area contributed by atoms with Crippen molar-refractivity contribution in [2.75, 3.05) is 0 Å². The minimum Gasteiger partial charge on any atom is -0.260 e. The summed E-state index contributed by atoms with van der Waals surface area (Å²) in [7, 11) is 0. The van der Waals surface area contributed by atoms with Crippen molar-refractivity contribution in [3.8, 4) is 11.8 Å². The van der Waals surface area contributed by atoms with Crippen molar-refractivity contribution in [3.63, 3.8) is 0 Å². The lowest BCUT2D eigenvalue weighted by atomic mass is 10.2. The van der Waals surface area contributed by atoms with Crippen LogP contribution in [-0.2, 0) is 6.42 Å². The van der Waals surface area contributed by atoms with Gasteiger partial charge in [0.1, 0.15) is 0 Å². The minimum atomic E-state index is 0.779. The number of nitrogens with zero attached hydrogens (tertiary/aromatic N) is 1. The lowest BCUT2D eigenvalue weighted by Gasteiger charge is -1.89. The van der Waals surface area contributed by atoms with Crippen LogP contribution < -0.4 is 0 Å². The first-order chi connectivity index (χ1) is 5.93. The zero-order valence-electron chi connectivity index (χ0n) is 7.38. The highest BCUT2D eigenvalue weighted by molar-refractivity contribution is 5.12. The third kappa shape index (κ3) is 3.21. The molecule has 0 radical (unpaired) electrons. The zero-order valence-corrected chi connectivity index (χ0v) is 7.38. The molecular formula is C11H13N. The van der Waals surface area contributed by atoms with Gasteiger partial charge in [0.2, 0.25) is 0 Å². The molecule has 12 heavy (non-hydrogen) atoms. The highest BCUT2D eigenvalue weighted by atomic mass is 14.7. The molecule has 0 aliphatic heterocycles. The molecule has 0 N–H and O–H groups in total. The number of aromatic nitrogens is 1. The van der Waals surface area contributed by atoms with Gasteiger partial charge in [0.05, 0.1) is 12.1 Å². The summed E-state index contributed by atoms with van der Waals surface area (Å²) in [6, 6.07) is 5.91. The second-order valence-electron chi connectivity index (χ2n) is 2.60. The van der Waals surface area contributed by atoms with E-state index in [1.165, 1.54) is 0 Å². The fourth-order valence-electron chi connectivity index (χ4n) is 0.869. The predicted molar refractivity (Wildman–Crippen MR) is 50.6 cm³/mol. The third-order valence-corrected chi connectivity index (χ3v) is 1.50. The number of pyridine rings is 1. The molecular weight excluding hydrogens is 146 g/mol. The van der Waals surface area contributed by atoms with E-state index in [4.69, 9.17) is 0 Å². The van der Waals surface area contributed by atoms with Crippen LogP contribution in [0.25, 0.3) is 0 Å². The number of hydrogen-bond donors (Lipinski definition) is 0. The van der Waals surface area contributed by atoms with E-state index in [1.54, 1.807) is 6.20 Å². The summed E-state index contributed by atoms with van der Waals surface area (Å²) in [6.45, 7) is 2.13. The van der Waals surface area contributed by atoms with Gasteiger partial charge in [-0.2, -0.15) is 0 Å². The Labute approximate surface area is 73.8 Å². The Bertz CT molecular complexity index is 266. The molecule has 1 heteroatoms. The Hall–Kier alpha value is -1.29. The summed E-state index contributed by atoms with van der Waals surface area (Å²) >= 11 is 0. The van der Waals surface area contributed by atoms with E-state index in [9.17, 15) is 0 Å². The smallest absolute Gasteiger partial charge is 0.0522 e. The topological polar surface area (TPSA) is 12.9 Å². The van der Waals surface area contributed by atoms with Crippen molar-refractivity contribution >= 4 is 0 Å². The molecule has 0 aliphatic carbocycles. The van der Waals surface area contributed by atoms with Crippen molar-refractivity contribution in [2.24, 2.45) is 0 Å². The van der Waals surface area contributed by atoms with E-state index in [0.29, 0.717) is 0 Å². The molecule has 0 saturated carbocycles. The first kappa shape index (κ1) is 8.80. The molecule has 1 aromatic heterocycles. The maximum Gasteiger partial charge on any atom is 0.0522 e. The van der Waals surface area contributed by atoms with Gasteiger partial charge in [-0.25, -0.2) is 0 Å². The first-order valence-electron chi connectivity index (χ1n) is 4.29. The van der Waals surface area contributed by atoms with Crippen LogP contribution in [0.15, 0.2) is 24.4 Å². The molecule has 1 rings (SSSR count). The molecule has 0 amide bonds. The molecule has 0 aliphatic rings. The van der Waals surface area contributed by atoms with E-state index in [2.05, 4.69) is 23.7 Å². The van der Waals surface area contributed by atoms with Gasteiger partial charge in [-0.3, -0.25) is 4.98 Å². The molecule has 0 bridgehead atoms. The summed E-state index contributed by atoms with van der Waals surface area (Å²) in [4.78, 5) is 4.17. The molecule has 0 aromatic carbocycles. The summed E-state index contributed by atoms with van der Waals surface area (Å²) < 4.78 is 0. The number of hydrogen-bond acceptors (Lipinski definition) is 1. The van der Waals surface area contributed by atoms with Gasteiger partial charge in [0.15, 0.2) is 0 Å². The Morgan fingerprint density at radius 2 is 2.25 bits per heavy atom. The monoisotopic (exact) mass is 159 g/mol. The maximum atomic E-state index is 4.17. The Morgan fingerprint density at radius 3 is 2.92 bits per heavy atom. The van der Waals surface area contributed by atoms with Crippen LogP contribution in [0.4, 0.5) is 0 Å². The predicted octanol–water partition coefficient (Wildman–Crippen LogP) is 2.43. The van der Waals surface area contributed by atoms with Gasteiger partial charge in [-0.05, 0) is 18.6 Å². The summed E-state index contributed by atoms with van der Waals surface area (Å²) in [5.41, 5.74) is 1.06. The third-order valence-electron chi connectivity index (χ3n) is 1.50. The van der Waals surface area contributed by atoms with E-state index in [1.807, 2.05) is 18.2 Å². The van der Waals surface area contributed by atoms with Gasteiger partial charge >= 0.3 is 0 Å². The quantitative estimate of drug-likeness (QED) is 0.604. The van der Waals surface area contributed by atoms with Gasteiger partial charge in [-0.15, -0.1) is 5.92 Å². The van der Waals surface area contributed by atoms with Crippen LogP contribution in [0.3, 0.4) is 0 Å². The molecule has 1 nitrogen and oxygen atoms in total. The van der Waals surface area contributed by atoms with E-state index >= 15 is 0 Å². The van der Waals surface area contributed by atoms with Gasteiger partial charge < -0.3 is 0 Å². The van der Waals surface area contributed by atoms with E-state index < -0.39 is 0 Å². The molecule has 62 valence electrons. The van der Waals surface area contributed by atoms with Crippen molar-refractivity contribution in [3.05, 3.63) is 30.1 Å². The van der Waals surface area contributed by atoms with Crippen molar-refractivity contribution in [1.29, 1.82) is 0 Å². The molecule has 1 aromatic rings. The van der Waals surface area contributed by atoms with E-state index in [0.717, 1.165) is 25.0 Å². The first-order valence-corrected chi connectivity index (χ1v) is 4.29. The number of unbranched alkanes of at least 4 members (excludes halogenated alkanes) is 1. The van der Waals surface area contributed by atoms with Crippen LogP contribution in [0.2, 0.25) is 0 Å². The Balaban J connectivity index is 2.40. The fraction of sp³-hybridized carbons (Fsp3) is 0.364. The second kappa shape index (κ2) is 5.37.